The number of hydrogen-bond donors (Lipinski definition) is 2. The minimum absolute atomic E-state index is 0.129. The zero-order valence-electron chi connectivity index (χ0n) is 16.6. The van der Waals surface area contributed by atoms with Crippen molar-refractivity contribution in [2.75, 3.05) is 5.32 Å². The maximum Gasteiger partial charge on any atom is 0.352 e. The van der Waals surface area contributed by atoms with E-state index in [1.54, 1.807) is 13.8 Å². The van der Waals surface area contributed by atoms with E-state index in [2.05, 4.69) is 10.6 Å². The number of anilines is 1. The molecule has 9 heteroatoms. The molecule has 0 spiro atoms. The van der Waals surface area contributed by atoms with Crippen LogP contribution in [0, 0.1) is 17.5 Å². The van der Waals surface area contributed by atoms with E-state index in [1.807, 2.05) is 6.92 Å². The Bertz CT molecular complexity index is 960. The molecule has 0 fully saturated rings. The molecule has 0 bridgehead atoms. The van der Waals surface area contributed by atoms with Crippen LogP contribution in [0.2, 0.25) is 0 Å². The fourth-order valence-electron chi connectivity index (χ4n) is 2.88. The van der Waals surface area contributed by atoms with Gasteiger partial charge in [0.25, 0.3) is 11.8 Å². The summed E-state index contributed by atoms with van der Waals surface area (Å²) >= 11 is 0. The van der Waals surface area contributed by atoms with Gasteiger partial charge in [0.2, 0.25) is 0 Å². The van der Waals surface area contributed by atoms with Crippen molar-refractivity contribution in [1.29, 1.82) is 0 Å². The Morgan fingerprint density at radius 3 is 2.17 bits per heavy atom. The lowest BCUT2D eigenvalue weighted by Gasteiger charge is -2.28. The van der Waals surface area contributed by atoms with E-state index >= 15 is 0 Å². The maximum atomic E-state index is 14.7. The van der Waals surface area contributed by atoms with E-state index in [4.69, 9.17) is 0 Å². The number of carbonyl (C=O) groups excluding carboxylic acids is 2. The van der Waals surface area contributed by atoms with Crippen LogP contribution in [-0.4, -0.2) is 17.4 Å². The van der Waals surface area contributed by atoms with E-state index in [0.29, 0.717) is 31.0 Å². The topological polar surface area (TPSA) is 58.2 Å². The summed E-state index contributed by atoms with van der Waals surface area (Å²) in [6.45, 7) is 4.94. The number of carbonyl (C=O) groups is 2. The molecule has 0 aliphatic carbocycles. The van der Waals surface area contributed by atoms with Gasteiger partial charge < -0.3 is 10.6 Å². The van der Waals surface area contributed by atoms with E-state index in [1.165, 1.54) is 0 Å². The van der Waals surface area contributed by atoms with Crippen molar-refractivity contribution < 1.29 is 31.5 Å². The molecule has 2 aromatic carbocycles. The number of amides is 2. The van der Waals surface area contributed by atoms with Crippen LogP contribution in [0.25, 0.3) is 0 Å². The van der Waals surface area contributed by atoms with Gasteiger partial charge in [-0.05, 0) is 50.6 Å². The SMILES string of the molecule is CCCC(C)(C)NC(=O)C(F)(F)c1cc(C(=O)Nc2ccc(F)c(F)c2)ccc1F. The van der Waals surface area contributed by atoms with Gasteiger partial charge >= 0.3 is 5.92 Å². The monoisotopic (exact) mass is 428 g/mol. The molecule has 162 valence electrons. The van der Waals surface area contributed by atoms with Crippen molar-refractivity contribution in [3.05, 3.63) is 65.0 Å². The van der Waals surface area contributed by atoms with Gasteiger partial charge in [-0.3, -0.25) is 9.59 Å². The molecule has 0 radical (unpaired) electrons. The highest BCUT2D eigenvalue weighted by Gasteiger charge is 2.45. The maximum absolute atomic E-state index is 14.7. The van der Waals surface area contributed by atoms with Crippen molar-refractivity contribution in [2.45, 2.75) is 45.1 Å². The third kappa shape index (κ3) is 5.34. The van der Waals surface area contributed by atoms with Crippen LogP contribution >= 0.6 is 0 Å². The van der Waals surface area contributed by atoms with Gasteiger partial charge in [-0.1, -0.05) is 13.3 Å². The Hall–Kier alpha value is -2.97. The zero-order chi connectivity index (χ0) is 22.7. The summed E-state index contributed by atoms with van der Waals surface area (Å²) in [7, 11) is 0. The zero-order valence-corrected chi connectivity index (χ0v) is 16.6. The third-order valence-corrected chi connectivity index (χ3v) is 4.36. The second kappa shape index (κ2) is 8.81. The molecule has 0 aliphatic heterocycles. The van der Waals surface area contributed by atoms with Gasteiger partial charge in [0.1, 0.15) is 5.82 Å². The Labute approximate surface area is 170 Å². The molecule has 2 amide bonds. The molecule has 0 aromatic heterocycles. The molecule has 30 heavy (non-hydrogen) atoms. The molecule has 0 saturated carbocycles. The standard InChI is InChI=1S/C21H21F5N2O2/c1-4-9-20(2,3)28-19(30)21(25,26)14-10-12(5-7-15(14)22)18(29)27-13-6-8-16(23)17(24)11-13/h5-8,10-11H,4,9H2,1-3H3,(H,27,29)(H,28,30). The number of alkyl halides is 2. The number of hydrogen-bond acceptors (Lipinski definition) is 2. The average Bonchev–Trinajstić information content (AvgIpc) is 2.64. The molecule has 0 aliphatic rings. The molecule has 0 unspecified atom stereocenters. The Morgan fingerprint density at radius 2 is 1.57 bits per heavy atom. The van der Waals surface area contributed by atoms with Crippen molar-refractivity contribution in [3.63, 3.8) is 0 Å². The Kier molecular flexibility index (Phi) is 6.84. The summed E-state index contributed by atoms with van der Waals surface area (Å²) in [5.41, 5.74) is -2.73. The highest BCUT2D eigenvalue weighted by molar-refractivity contribution is 6.04. The van der Waals surface area contributed by atoms with Gasteiger partial charge in [-0.2, -0.15) is 8.78 Å². The average molecular weight is 428 g/mol. The van der Waals surface area contributed by atoms with Gasteiger partial charge in [-0.25, -0.2) is 13.2 Å². The van der Waals surface area contributed by atoms with Crippen LogP contribution in [0.1, 0.15) is 49.5 Å². The van der Waals surface area contributed by atoms with E-state index in [9.17, 15) is 31.5 Å². The molecular formula is C21H21F5N2O2. The van der Waals surface area contributed by atoms with Crippen molar-refractivity contribution in [3.8, 4) is 0 Å². The molecule has 2 rings (SSSR count). The molecule has 0 atom stereocenters. The van der Waals surface area contributed by atoms with E-state index in [-0.39, 0.29) is 5.69 Å². The molecule has 4 nitrogen and oxygen atoms in total. The number of halogens is 5. The van der Waals surface area contributed by atoms with Gasteiger partial charge in [0.15, 0.2) is 11.6 Å². The van der Waals surface area contributed by atoms with E-state index < -0.39 is 51.9 Å². The predicted octanol–water partition coefficient (Wildman–Crippen LogP) is 5.14. The lowest BCUT2D eigenvalue weighted by Crippen LogP contribution is -2.49. The normalized spacial score (nSPS) is 11.9. The van der Waals surface area contributed by atoms with Crippen LogP contribution in [0.3, 0.4) is 0 Å². The first kappa shape index (κ1) is 23.3. The van der Waals surface area contributed by atoms with Crippen molar-refractivity contribution in [2.24, 2.45) is 0 Å². The first-order chi connectivity index (χ1) is 13.9. The molecule has 2 aromatic rings. The second-order valence-corrected chi connectivity index (χ2v) is 7.44. The van der Waals surface area contributed by atoms with Gasteiger partial charge in [-0.15, -0.1) is 0 Å². The first-order valence-corrected chi connectivity index (χ1v) is 9.14. The number of nitrogens with one attached hydrogen (secondary N) is 2. The molecule has 0 saturated heterocycles. The summed E-state index contributed by atoms with van der Waals surface area (Å²) in [5.74, 6) is -10.6. The van der Waals surface area contributed by atoms with Crippen LogP contribution in [-0.2, 0) is 10.7 Å². The van der Waals surface area contributed by atoms with Crippen molar-refractivity contribution >= 4 is 17.5 Å². The van der Waals surface area contributed by atoms with Gasteiger partial charge in [0.05, 0.1) is 5.56 Å². The fraction of sp³-hybridized carbons (Fsp3) is 0.333. The summed E-state index contributed by atoms with van der Waals surface area (Å²) in [6.07, 6.45) is 1.06. The minimum atomic E-state index is -4.24. The predicted molar refractivity (Wildman–Crippen MR) is 102 cm³/mol. The highest BCUT2D eigenvalue weighted by Crippen LogP contribution is 2.32. The molecule has 2 N–H and O–H groups in total. The first-order valence-electron chi connectivity index (χ1n) is 9.14. The highest BCUT2D eigenvalue weighted by atomic mass is 19.3. The summed E-state index contributed by atoms with van der Waals surface area (Å²) in [5, 5.41) is 4.38. The Balaban J connectivity index is 2.29. The largest absolute Gasteiger partial charge is 0.352 e. The van der Waals surface area contributed by atoms with E-state index in [0.717, 1.165) is 18.2 Å². The minimum Gasteiger partial charge on any atom is -0.346 e. The summed E-state index contributed by atoms with van der Waals surface area (Å²) < 4.78 is 69.7. The molecular weight excluding hydrogens is 407 g/mol. The van der Waals surface area contributed by atoms with Crippen LogP contribution < -0.4 is 10.6 Å². The quantitative estimate of drug-likeness (QED) is 0.600. The lowest BCUT2D eigenvalue weighted by atomic mass is 9.97. The second-order valence-electron chi connectivity index (χ2n) is 7.44. The van der Waals surface area contributed by atoms with Crippen LogP contribution in [0.4, 0.5) is 27.6 Å². The Morgan fingerprint density at radius 1 is 0.933 bits per heavy atom. The fourth-order valence-corrected chi connectivity index (χ4v) is 2.88. The molecule has 0 heterocycles. The number of rotatable bonds is 7. The number of benzene rings is 2. The third-order valence-electron chi connectivity index (χ3n) is 4.36. The summed E-state index contributed by atoms with van der Waals surface area (Å²) in [4.78, 5) is 24.4. The van der Waals surface area contributed by atoms with Crippen LogP contribution in [0.5, 0.6) is 0 Å². The smallest absolute Gasteiger partial charge is 0.346 e. The van der Waals surface area contributed by atoms with Crippen molar-refractivity contribution in [1.82, 2.24) is 5.32 Å². The lowest BCUT2D eigenvalue weighted by molar-refractivity contribution is -0.149. The van der Waals surface area contributed by atoms with Crippen LogP contribution in [0.15, 0.2) is 36.4 Å². The van der Waals surface area contributed by atoms with Gasteiger partial charge in [0, 0.05) is 22.9 Å². The summed E-state index contributed by atoms with van der Waals surface area (Å²) in [6, 6.07) is 4.67.